The molecule has 0 aliphatic heterocycles. The SMILES string of the molecule is C=CCN(CCO)c1ccc2nccnc2n1. The lowest BCUT2D eigenvalue weighted by molar-refractivity contribution is 0.302. The molecule has 5 nitrogen and oxygen atoms in total. The van der Waals surface area contributed by atoms with Gasteiger partial charge in [-0.05, 0) is 12.1 Å². The molecule has 2 aromatic rings. The molecule has 0 saturated heterocycles. The number of rotatable bonds is 5. The predicted octanol–water partition coefficient (Wildman–Crippen LogP) is 1.01. The lowest BCUT2D eigenvalue weighted by Gasteiger charge is -2.20. The lowest BCUT2D eigenvalue weighted by atomic mass is 10.3. The lowest BCUT2D eigenvalue weighted by Crippen LogP contribution is -2.27. The van der Waals surface area contributed by atoms with Crippen molar-refractivity contribution >= 4 is 17.0 Å². The quantitative estimate of drug-likeness (QED) is 0.777. The first-order valence-electron chi connectivity index (χ1n) is 5.39. The van der Waals surface area contributed by atoms with Crippen LogP contribution in [0.25, 0.3) is 11.2 Å². The first-order chi connectivity index (χ1) is 8.35. The molecular formula is C12H14N4O. The van der Waals surface area contributed by atoms with E-state index in [0.29, 0.717) is 18.7 Å². The van der Waals surface area contributed by atoms with Gasteiger partial charge >= 0.3 is 0 Å². The maximum Gasteiger partial charge on any atom is 0.180 e. The smallest absolute Gasteiger partial charge is 0.180 e. The number of pyridine rings is 1. The van der Waals surface area contributed by atoms with Crippen molar-refractivity contribution in [1.82, 2.24) is 15.0 Å². The number of nitrogens with zero attached hydrogens (tertiary/aromatic N) is 4. The molecule has 5 heteroatoms. The minimum Gasteiger partial charge on any atom is -0.395 e. The fraction of sp³-hybridized carbons (Fsp3) is 0.250. The van der Waals surface area contributed by atoms with Crippen LogP contribution in [0.15, 0.2) is 37.2 Å². The maximum absolute atomic E-state index is 9.01. The van der Waals surface area contributed by atoms with Gasteiger partial charge in [-0.1, -0.05) is 6.08 Å². The summed E-state index contributed by atoms with van der Waals surface area (Å²) in [5.41, 5.74) is 1.37. The molecule has 88 valence electrons. The van der Waals surface area contributed by atoms with Crippen molar-refractivity contribution in [3.05, 3.63) is 37.2 Å². The average molecular weight is 230 g/mol. The van der Waals surface area contributed by atoms with E-state index in [4.69, 9.17) is 5.11 Å². The second-order valence-corrected chi connectivity index (χ2v) is 3.53. The van der Waals surface area contributed by atoms with Crippen LogP contribution in [-0.4, -0.2) is 39.8 Å². The summed E-state index contributed by atoms with van der Waals surface area (Å²) in [6.45, 7) is 4.93. The van der Waals surface area contributed by atoms with Gasteiger partial charge in [0.2, 0.25) is 0 Å². The number of aliphatic hydroxyl groups is 1. The highest BCUT2D eigenvalue weighted by atomic mass is 16.3. The molecule has 0 aliphatic rings. The zero-order chi connectivity index (χ0) is 12.1. The summed E-state index contributed by atoms with van der Waals surface area (Å²) >= 11 is 0. The standard InChI is InChI=1S/C12H14N4O/c1-2-7-16(8-9-17)11-4-3-10-12(15-11)14-6-5-13-10/h2-6,17H,1,7-9H2. The number of hydrogen-bond donors (Lipinski definition) is 1. The summed E-state index contributed by atoms with van der Waals surface area (Å²) in [4.78, 5) is 14.7. The Morgan fingerprint density at radius 2 is 2.12 bits per heavy atom. The minimum atomic E-state index is 0.0774. The topological polar surface area (TPSA) is 62.1 Å². The van der Waals surface area contributed by atoms with E-state index in [-0.39, 0.29) is 6.61 Å². The molecule has 0 amide bonds. The van der Waals surface area contributed by atoms with Gasteiger partial charge in [-0.25, -0.2) is 9.97 Å². The van der Waals surface area contributed by atoms with Crippen LogP contribution in [0.3, 0.4) is 0 Å². The Hall–Kier alpha value is -2.01. The van der Waals surface area contributed by atoms with Gasteiger partial charge in [-0.15, -0.1) is 6.58 Å². The van der Waals surface area contributed by atoms with Crippen LogP contribution in [0.4, 0.5) is 5.82 Å². The van der Waals surface area contributed by atoms with E-state index >= 15 is 0 Å². The predicted molar refractivity (Wildman–Crippen MR) is 66.8 cm³/mol. The molecule has 2 rings (SSSR count). The summed E-state index contributed by atoms with van der Waals surface area (Å²) in [5, 5.41) is 9.01. The zero-order valence-corrected chi connectivity index (χ0v) is 9.45. The third-order valence-corrected chi connectivity index (χ3v) is 2.36. The fourth-order valence-electron chi connectivity index (χ4n) is 1.60. The number of hydrogen-bond acceptors (Lipinski definition) is 5. The molecule has 0 aliphatic carbocycles. The van der Waals surface area contributed by atoms with Crippen molar-refractivity contribution in [3.8, 4) is 0 Å². The first kappa shape index (κ1) is 11.5. The average Bonchev–Trinajstić information content (AvgIpc) is 2.38. The summed E-state index contributed by atoms with van der Waals surface area (Å²) in [6, 6.07) is 3.74. The molecular weight excluding hydrogens is 216 g/mol. The molecule has 2 heterocycles. The van der Waals surface area contributed by atoms with Gasteiger partial charge in [0.1, 0.15) is 11.3 Å². The molecule has 0 bridgehead atoms. The van der Waals surface area contributed by atoms with Crippen molar-refractivity contribution in [2.75, 3.05) is 24.6 Å². The number of fused-ring (bicyclic) bond motifs is 1. The summed E-state index contributed by atoms with van der Waals surface area (Å²) in [5.74, 6) is 0.770. The van der Waals surface area contributed by atoms with Crippen LogP contribution < -0.4 is 4.90 Å². The van der Waals surface area contributed by atoms with E-state index < -0.39 is 0 Å². The second-order valence-electron chi connectivity index (χ2n) is 3.53. The van der Waals surface area contributed by atoms with Crippen molar-refractivity contribution in [3.63, 3.8) is 0 Å². The van der Waals surface area contributed by atoms with Gasteiger partial charge in [0.25, 0.3) is 0 Å². The van der Waals surface area contributed by atoms with Crippen LogP contribution in [0.2, 0.25) is 0 Å². The zero-order valence-electron chi connectivity index (χ0n) is 9.45. The van der Waals surface area contributed by atoms with Gasteiger partial charge in [0.05, 0.1) is 6.61 Å². The minimum absolute atomic E-state index is 0.0774. The summed E-state index contributed by atoms with van der Waals surface area (Å²) in [7, 11) is 0. The highest BCUT2D eigenvalue weighted by Gasteiger charge is 2.07. The van der Waals surface area contributed by atoms with Gasteiger partial charge in [-0.2, -0.15) is 0 Å². The van der Waals surface area contributed by atoms with E-state index in [0.717, 1.165) is 11.3 Å². The number of anilines is 1. The van der Waals surface area contributed by atoms with Gasteiger partial charge in [0.15, 0.2) is 5.65 Å². The Morgan fingerprint density at radius 1 is 1.29 bits per heavy atom. The van der Waals surface area contributed by atoms with Crippen LogP contribution in [0.1, 0.15) is 0 Å². The third kappa shape index (κ3) is 2.57. The van der Waals surface area contributed by atoms with E-state index in [9.17, 15) is 0 Å². The van der Waals surface area contributed by atoms with E-state index in [1.165, 1.54) is 0 Å². The molecule has 0 aromatic carbocycles. The van der Waals surface area contributed by atoms with Crippen LogP contribution in [-0.2, 0) is 0 Å². The van der Waals surface area contributed by atoms with Gasteiger partial charge < -0.3 is 10.0 Å². The van der Waals surface area contributed by atoms with Crippen LogP contribution in [0, 0.1) is 0 Å². The van der Waals surface area contributed by atoms with Crippen LogP contribution >= 0.6 is 0 Å². The van der Waals surface area contributed by atoms with Crippen molar-refractivity contribution in [2.24, 2.45) is 0 Å². The Labute approximate surface area is 99.5 Å². The first-order valence-corrected chi connectivity index (χ1v) is 5.39. The van der Waals surface area contributed by atoms with E-state index in [2.05, 4.69) is 21.5 Å². The second kappa shape index (κ2) is 5.36. The van der Waals surface area contributed by atoms with Gasteiger partial charge in [0, 0.05) is 25.5 Å². The Balaban J connectivity index is 2.35. The largest absolute Gasteiger partial charge is 0.395 e. The normalized spacial score (nSPS) is 10.4. The number of aliphatic hydroxyl groups excluding tert-OH is 1. The molecule has 0 fully saturated rings. The van der Waals surface area contributed by atoms with Crippen molar-refractivity contribution in [1.29, 1.82) is 0 Å². The molecule has 0 spiro atoms. The fourth-order valence-corrected chi connectivity index (χ4v) is 1.60. The van der Waals surface area contributed by atoms with E-state index in [1.54, 1.807) is 18.5 Å². The van der Waals surface area contributed by atoms with Gasteiger partial charge in [-0.3, -0.25) is 4.98 Å². The molecule has 2 aromatic heterocycles. The Morgan fingerprint density at radius 3 is 2.88 bits per heavy atom. The third-order valence-electron chi connectivity index (χ3n) is 2.36. The molecule has 0 unspecified atom stereocenters. The molecule has 0 atom stereocenters. The maximum atomic E-state index is 9.01. The molecule has 17 heavy (non-hydrogen) atoms. The highest BCUT2D eigenvalue weighted by Crippen LogP contribution is 2.14. The Bertz CT molecular complexity index is 515. The number of aromatic nitrogens is 3. The van der Waals surface area contributed by atoms with Crippen molar-refractivity contribution in [2.45, 2.75) is 0 Å². The van der Waals surface area contributed by atoms with Crippen molar-refractivity contribution < 1.29 is 5.11 Å². The summed E-state index contributed by atoms with van der Waals surface area (Å²) in [6.07, 6.45) is 5.03. The molecule has 0 radical (unpaired) electrons. The summed E-state index contributed by atoms with van der Waals surface area (Å²) < 4.78 is 0. The van der Waals surface area contributed by atoms with Crippen LogP contribution in [0.5, 0.6) is 0 Å². The monoisotopic (exact) mass is 230 g/mol. The highest BCUT2D eigenvalue weighted by molar-refractivity contribution is 5.71. The molecule has 0 saturated carbocycles. The van der Waals surface area contributed by atoms with E-state index in [1.807, 2.05) is 17.0 Å². The Kier molecular flexibility index (Phi) is 3.62. The molecule has 1 N–H and O–H groups in total.